The molecule has 7 nitrogen and oxygen atoms in total. The number of rotatable bonds is 6. The number of hydrogen-bond donors (Lipinski definition) is 2. The average molecular weight is 409 g/mol. The maximum atomic E-state index is 12.5. The van der Waals surface area contributed by atoms with Crippen LogP contribution < -0.4 is 11.0 Å². The van der Waals surface area contributed by atoms with Crippen LogP contribution in [0.25, 0.3) is 11.1 Å². The Morgan fingerprint density at radius 1 is 1.10 bits per heavy atom. The van der Waals surface area contributed by atoms with Gasteiger partial charge in [0.15, 0.2) is 0 Å². The first-order valence-electron chi connectivity index (χ1n) is 8.76. The highest BCUT2D eigenvalue weighted by molar-refractivity contribution is 8.00. The van der Waals surface area contributed by atoms with Crippen molar-refractivity contribution in [2.75, 3.05) is 18.2 Å². The Morgan fingerprint density at radius 2 is 1.79 bits per heavy atom. The van der Waals surface area contributed by atoms with Crippen molar-refractivity contribution in [2.45, 2.75) is 11.9 Å². The fraction of sp³-hybridized carbons (Fsp3) is 0.143. The second kappa shape index (κ2) is 9.20. The van der Waals surface area contributed by atoms with Gasteiger partial charge in [-0.05, 0) is 18.6 Å². The first-order chi connectivity index (χ1) is 14.0. The lowest BCUT2D eigenvalue weighted by Crippen LogP contribution is -2.20. The number of hydrogen-bond acceptors (Lipinski definition) is 6. The molecule has 3 aromatic rings. The van der Waals surface area contributed by atoms with Crippen molar-refractivity contribution in [3.8, 4) is 11.1 Å². The lowest BCUT2D eigenvalue weighted by Gasteiger charge is -2.12. The molecule has 0 atom stereocenters. The number of aromatic amines is 1. The fourth-order valence-corrected chi connectivity index (χ4v) is 3.66. The predicted molar refractivity (Wildman–Crippen MR) is 112 cm³/mol. The molecule has 2 aromatic carbocycles. The van der Waals surface area contributed by atoms with Gasteiger partial charge >= 0.3 is 11.7 Å². The number of carbonyl (C=O) groups excluding carboxylic acids is 2. The molecule has 1 aromatic heterocycles. The van der Waals surface area contributed by atoms with Gasteiger partial charge in [0.2, 0.25) is 5.91 Å². The Labute approximate surface area is 171 Å². The van der Waals surface area contributed by atoms with Gasteiger partial charge in [-0.2, -0.15) is 4.98 Å². The number of thioether (sulfide) groups is 1. The van der Waals surface area contributed by atoms with Crippen molar-refractivity contribution in [2.24, 2.45) is 0 Å². The number of nitrogens with one attached hydrogen (secondary N) is 2. The number of para-hydroxylation sites is 1. The normalized spacial score (nSPS) is 10.4. The molecule has 29 heavy (non-hydrogen) atoms. The van der Waals surface area contributed by atoms with Crippen LogP contribution >= 0.6 is 11.8 Å². The van der Waals surface area contributed by atoms with Crippen molar-refractivity contribution in [1.82, 2.24) is 9.97 Å². The van der Waals surface area contributed by atoms with E-state index in [9.17, 15) is 14.4 Å². The Morgan fingerprint density at radius 3 is 2.52 bits per heavy atom. The van der Waals surface area contributed by atoms with Crippen molar-refractivity contribution in [3.63, 3.8) is 0 Å². The van der Waals surface area contributed by atoms with Crippen molar-refractivity contribution >= 4 is 29.3 Å². The summed E-state index contributed by atoms with van der Waals surface area (Å²) in [5, 5.41) is 3.04. The van der Waals surface area contributed by atoms with E-state index in [4.69, 9.17) is 4.74 Å². The zero-order chi connectivity index (χ0) is 20.8. The standard InChI is InChI=1S/C21H19N3O4S/c1-13-18(20(26)28-2)19(24-21(27)22-13)29-12-17(25)23-16-11-7-6-10-15(16)14-8-4-3-5-9-14/h3-11H,12H2,1-2H3,(H,23,25)(H,22,24,27). The van der Waals surface area contributed by atoms with Gasteiger partial charge in [0.25, 0.3) is 0 Å². The minimum atomic E-state index is -0.622. The predicted octanol–water partition coefficient (Wildman–Crippen LogP) is 3.26. The highest BCUT2D eigenvalue weighted by Crippen LogP contribution is 2.28. The Bertz CT molecular complexity index is 1100. The number of carbonyl (C=O) groups is 2. The summed E-state index contributed by atoms with van der Waals surface area (Å²) in [6.07, 6.45) is 0. The van der Waals surface area contributed by atoms with Crippen LogP contribution in [-0.2, 0) is 9.53 Å². The third kappa shape index (κ3) is 4.91. The molecule has 2 N–H and O–H groups in total. The molecule has 0 saturated heterocycles. The summed E-state index contributed by atoms with van der Waals surface area (Å²) >= 11 is 1.00. The van der Waals surface area contributed by atoms with Crippen LogP contribution in [0.3, 0.4) is 0 Å². The maximum Gasteiger partial charge on any atom is 0.346 e. The number of amides is 1. The average Bonchev–Trinajstić information content (AvgIpc) is 2.72. The summed E-state index contributed by atoms with van der Waals surface area (Å²) in [5.41, 5.74) is 2.45. The smallest absolute Gasteiger partial charge is 0.346 e. The highest BCUT2D eigenvalue weighted by atomic mass is 32.2. The molecule has 8 heteroatoms. The number of benzene rings is 2. The summed E-state index contributed by atoms with van der Waals surface area (Å²) < 4.78 is 4.75. The van der Waals surface area contributed by atoms with Gasteiger partial charge in [0.05, 0.1) is 12.9 Å². The Kier molecular flexibility index (Phi) is 6.46. The van der Waals surface area contributed by atoms with Gasteiger partial charge < -0.3 is 15.0 Å². The van der Waals surface area contributed by atoms with Gasteiger partial charge in [-0.1, -0.05) is 60.3 Å². The molecular formula is C21H19N3O4S. The molecule has 1 heterocycles. The lowest BCUT2D eigenvalue weighted by atomic mass is 10.0. The molecule has 0 aliphatic rings. The van der Waals surface area contributed by atoms with E-state index < -0.39 is 11.7 Å². The Balaban J connectivity index is 1.77. The topological polar surface area (TPSA) is 101 Å². The van der Waals surface area contributed by atoms with E-state index in [1.54, 1.807) is 6.92 Å². The van der Waals surface area contributed by atoms with Gasteiger partial charge in [0.1, 0.15) is 10.6 Å². The minimum Gasteiger partial charge on any atom is -0.465 e. The number of nitrogens with zero attached hydrogens (tertiary/aromatic N) is 1. The summed E-state index contributed by atoms with van der Waals surface area (Å²) in [6.45, 7) is 1.58. The van der Waals surface area contributed by atoms with E-state index >= 15 is 0 Å². The molecule has 0 saturated carbocycles. The van der Waals surface area contributed by atoms with E-state index in [-0.39, 0.29) is 22.2 Å². The van der Waals surface area contributed by atoms with Crippen LogP contribution in [0.1, 0.15) is 16.1 Å². The van der Waals surface area contributed by atoms with Crippen molar-refractivity contribution < 1.29 is 14.3 Å². The minimum absolute atomic E-state index is 0.0248. The zero-order valence-electron chi connectivity index (χ0n) is 15.9. The van der Waals surface area contributed by atoms with Crippen LogP contribution in [0, 0.1) is 6.92 Å². The third-order valence-electron chi connectivity index (χ3n) is 4.10. The molecule has 0 aliphatic carbocycles. The quantitative estimate of drug-likeness (QED) is 0.368. The molecule has 3 rings (SSSR count). The van der Waals surface area contributed by atoms with Gasteiger partial charge in [-0.3, -0.25) is 4.79 Å². The van der Waals surface area contributed by atoms with E-state index in [2.05, 4.69) is 15.3 Å². The summed E-state index contributed by atoms with van der Waals surface area (Å²) in [7, 11) is 1.24. The van der Waals surface area contributed by atoms with Crippen LogP contribution in [-0.4, -0.2) is 34.7 Å². The van der Waals surface area contributed by atoms with Crippen LogP contribution in [0.15, 0.2) is 64.4 Å². The molecule has 0 bridgehead atoms. The largest absolute Gasteiger partial charge is 0.465 e. The van der Waals surface area contributed by atoms with Crippen molar-refractivity contribution in [3.05, 3.63) is 76.3 Å². The summed E-state index contributed by atoms with van der Waals surface area (Å²) in [4.78, 5) is 42.5. The van der Waals surface area contributed by atoms with Gasteiger partial charge in [-0.25, -0.2) is 9.59 Å². The summed E-state index contributed by atoms with van der Waals surface area (Å²) in [5.74, 6) is -0.930. The van der Waals surface area contributed by atoms with E-state index in [1.807, 2.05) is 54.6 Å². The zero-order valence-corrected chi connectivity index (χ0v) is 16.7. The second-order valence-electron chi connectivity index (χ2n) is 6.09. The molecule has 148 valence electrons. The monoisotopic (exact) mass is 409 g/mol. The summed E-state index contributed by atoms with van der Waals surface area (Å²) in [6, 6.07) is 17.2. The first-order valence-corrected chi connectivity index (χ1v) is 9.74. The number of H-pyrrole nitrogens is 1. The molecule has 0 unspecified atom stereocenters. The molecule has 0 aliphatic heterocycles. The second-order valence-corrected chi connectivity index (χ2v) is 7.05. The maximum absolute atomic E-state index is 12.5. The van der Waals surface area contributed by atoms with Crippen LogP contribution in [0.4, 0.5) is 5.69 Å². The number of esters is 1. The SMILES string of the molecule is COC(=O)c1c(SCC(=O)Nc2ccccc2-c2ccccc2)nc(=O)[nH]c1C. The highest BCUT2D eigenvalue weighted by Gasteiger charge is 2.19. The third-order valence-corrected chi connectivity index (χ3v) is 5.08. The van der Waals surface area contributed by atoms with E-state index in [0.29, 0.717) is 11.4 Å². The lowest BCUT2D eigenvalue weighted by molar-refractivity contribution is -0.113. The molecule has 0 spiro atoms. The fourth-order valence-electron chi connectivity index (χ4n) is 2.79. The van der Waals surface area contributed by atoms with E-state index in [1.165, 1.54) is 7.11 Å². The van der Waals surface area contributed by atoms with Gasteiger partial charge in [0, 0.05) is 16.9 Å². The number of aromatic nitrogens is 2. The Hall–Kier alpha value is -3.39. The molecule has 0 radical (unpaired) electrons. The molecule has 0 fully saturated rings. The number of aryl methyl sites for hydroxylation is 1. The number of anilines is 1. The van der Waals surface area contributed by atoms with Crippen LogP contribution in [0.2, 0.25) is 0 Å². The first kappa shape index (κ1) is 20.3. The molecule has 1 amide bonds. The van der Waals surface area contributed by atoms with E-state index in [0.717, 1.165) is 22.9 Å². The van der Waals surface area contributed by atoms with Crippen molar-refractivity contribution in [1.29, 1.82) is 0 Å². The van der Waals surface area contributed by atoms with Gasteiger partial charge in [-0.15, -0.1) is 0 Å². The molecular weight excluding hydrogens is 390 g/mol. The van der Waals surface area contributed by atoms with Crippen LogP contribution in [0.5, 0.6) is 0 Å². The number of ether oxygens (including phenoxy) is 1. The number of methoxy groups -OCH3 is 1.